The molecule has 1 aliphatic rings. The lowest BCUT2D eigenvalue weighted by atomic mass is 10.2. The molecule has 2 N–H and O–H groups in total. The van der Waals surface area contributed by atoms with E-state index in [1.807, 2.05) is 0 Å². The van der Waals surface area contributed by atoms with Crippen LogP contribution in [0.3, 0.4) is 0 Å². The molecule has 5 nitrogen and oxygen atoms in total. The van der Waals surface area contributed by atoms with Gasteiger partial charge in [-0.25, -0.2) is 0 Å². The van der Waals surface area contributed by atoms with E-state index in [2.05, 4.69) is 20.8 Å². The normalized spacial score (nSPS) is 17.3. The maximum atomic E-state index is 4.86. The SMILES string of the molecule is Cc1nc(CCNC2CNC2)no1. The van der Waals surface area contributed by atoms with Crippen LogP contribution >= 0.6 is 0 Å². The van der Waals surface area contributed by atoms with Crippen LogP contribution in [0, 0.1) is 6.92 Å². The number of nitrogens with zero attached hydrogens (tertiary/aromatic N) is 2. The second-order valence-electron chi connectivity index (χ2n) is 3.29. The van der Waals surface area contributed by atoms with Gasteiger partial charge in [0.2, 0.25) is 5.89 Å². The molecule has 2 heterocycles. The first kappa shape index (κ1) is 8.65. The lowest BCUT2D eigenvalue weighted by molar-refractivity contribution is 0.363. The zero-order valence-corrected chi connectivity index (χ0v) is 7.71. The molecule has 1 aromatic heterocycles. The molecule has 1 aromatic rings. The van der Waals surface area contributed by atoms with Gasteiger partial charge in [-0.2, -0.15) is 4.98 Å². The van der Waals surface area contributed by atoms with Crippen molar-refractivity contribution in [1.82, 2.24) is 20.8 Å². The first-order valence-corrected chi connectivity index (χ1v) is 4.58. The third-order valence-electron chi connectivity index (χ3n) is 2.13. The quantitative estimate of drug-likeness (QED) is 0.656. The Kier molecular flexibility index (Phi) is 2.56. The number of aromatic nitrogens is 2. The monoisotopic (exact) mass is 182 g/mol. The molecule has 0 atom stereocenters. The molecule has 2 rings (SSSR count). The maximum Gasteiger partial charge on any atom is 0.223 e. The summed E-state index contributed by atoms with van der Waals surface area (Å²) >= 11 is 0. The zero-order valence-electron chi connectivity index (χ0n) is 7.71. The lowest BCUT2D eigenvalue weighted by Gasteiger charge is -2.27. The van der Waals surface area contributed by atoms with Crippen LogP contribution in [0.5, 0.6) is 0 Å². The van der Waals surface area contributed by atoms with Gasteiger partial charge in [0.1, 0.15) is 0 Å². The van der Waals surface area contributed by atoms with Crippen LogP contribution in [-0.2, 0) is 6.42 Å². The topological polar surface area (TPSA) is 63.0 Å². The van der Waals surface area contributed by atoms with Crippen molar-refractivity contribution in [2.45, 2.75) is 19.4 Å². The predicted octanol–water partition coefficient (Wildman–Crippen LogP) is -0.518. The molecule has 1 saturated heterocycles. The number of aryl methyl sites for hydroxylation is 1. The van der Waals surface area contributed by atoms with Crippen molar-refractivity contribution in [3.8, 4) is 0 Å². The lowest BCUT2D eigenvalue weighted by Crippen LogP contribution is -2.55. The van der Waals surface area contributed by atoms with Crippen molar-refractivity contribution < 1.29 is 4.52 Å². The minimum Gasteiger partial charge on any atom is -0.340 e. The van der Waals surface area contributed by atoms with Crippen molar-refractivity contribution >= 4 is 0 Å². The summed E-state index contributed by atoms with van der Waals surface area (Å²) in [5.41, 5.74) is 0. The second-order valence-corrected chi connectivity index (χ2v) is 3.29. The molecule has 13 heavy (non-hydrogen) atoms. The molecule has 0 spiro atoms. The average molecular weight is 182 g/mol. The van der Waals surface area contributed by atoms with Crippen LogP contribution in [0.15, 0.2) is 4.52 Å². The molecule has 1 fully saturated rings. The summed E-state index contributed by atoms with van der Waals surface area (Å²) in [6.07, 6.45) is 0.841. The van der Waals surface area contributed by atoms with E-state index in [0.29, 0.717) is 11.9 Å². The van der Waals surface area contributed by atoms with Gasteiger partial charge in [-0.15, -0.1) is 0 Å². The van der Waals surface area contributed by atoms with Gasteiger partial charge < -0.3 is 15.2 Å². The Morgan fingerprint density at radius 1 is 1.62 bits per heavy atom. The number of hydrogen-bond acceptors (Lipinski definition) is 5. The third-order valence-corrected chi connectivity index (χ3v) is 2.13. The highest BCUT2D eigenvalue weighted by Crippen LogP contribution is 1.96. The van der Waals surface area contributed by atoms with E-state index in [-0.39, 0.29) is 0 Å². The van der Waals surface area contributed by atoms with Crippen LogP contribution in [0.2, 0.25) is 0 Å². The Morgan fingerprint density at radius 2 is 2.46 bits per heavy atom. The van der Waals surface area contributed by atoms with E-state index in [1.54, 1.807) is 6.92 Å². The Balaban J connectivity index is 1.67. The molecule has 0 bridgehead atoms. The molecular formula is C8H14N4O. The van der Waals surface area contributed by atoms with Gasteiger partial charge in [0.05, 0.1) is 0 Å². The summed E-state index contributed by atoms with van der Waals surface area (Å²) in [6, 6.07) is 0.632. The predicted molar refractivity (Wildman–Crippen MR) is 47.4 cm³/mol. The highest BCUT2D eigenvalue weighted by atomic mass is 16.5. The largest absolute Gasteiger partial charge is 0.340 e. The molecular weight excluding hydrogens is 168 g/mol. The minimum absolute atomic E-state index is 0.632. The Hall–Kier alpha value is -0.940. The van der Waals surface area contributed by atoms with Gasteiger partial charge in [0.15, 0.2) is 5.82 Å². The summed E-state index contributed by atoms with van der Waals surface area (Å²) in [4.78, 5) is 4.12. The van der Waals surface area contributed by atoms with E-state index in [4.69, 9.17) is 4.52 Å². The van der Waals surface area contributed by atoms with Crippen molar-refractivity contribution in [3.05, 3.63) is 11.7 Å². The van der Waals surface area contributed by atoms with Crippen LogP contribution < -0.4 is 10.6 Å². The van der Waals surface area contributed by atoms with E-state index < -0.39 is 0 Å². The molecule has 0 unspecified atom stereocenters. The standard InChI is InChI=1S/C8H14N4O/c1-6-11-8(12-13-6)2-3-10-7-4-9-5-7/h7,9-10H,2-5H2,1H3. The minimum atomic E-state index is 0.632. The third kappa shape index (κ3) is 2.26. The maximum absolute atomic E-state index is 4.86. The van der Waals surface area contributed by atoms with Crippen LogP contribution in [0.4, 0.5) is 0 Å². The fraction of sp³-hybridized carbons (Fsp3) is 0.750. The fourth-order valence-corrected chi connectivity index (χ4v) is 1.26. The van der Waals surface area contributed by atoms with Crippen LogP contribution in [0.25, 0.3) is 0 Å². The summed E-state index contributed by atoms with van der Waals surface area (Å²) in [5.74, 6) is 1.43. The van der Waals surface area contributed by atoms with E-state index in [1.165, 1.54) is 0 Å². The van der Waals surface area contributed by atoms with Gasteiger partial charge in [0, 0.05) is 39.0 Å². The van der Waals surface area contributed by atoms with Gasteiger partial charge in [-0.05, 0) is 0 Å². The summed E-state index contributed by atoms with van der Waals surface area (Å²) in [7, 11) is 0. The van der Waals surface area contributed by atoms with Crippen molar-refractivity contribution in [2.75, 3.05) is 19.6 Å². The van der Waals surface area contributed by atoms with E-state index >= 15 is 0 Å². The molecule has 0 saturated carbocycles. The zero-order chi connectivity index (χ0) is 9.10. The Bertz CT molecular complexity index is 269. The Labute approximate surface area is 76.9 Å². The molecule has 0 aliphatic carbocycles. The van der Waals surface area contributed by atoms with Gasteiger partial charge in [0.25, 0.3) is 0 Å². The Morgan fingerprint density at radius 3 is 3.00 bits per heavy atom. The summed E-state index contributed by atoms with van der Waals surface area (Å²) < 4.78 is 4.86. The van der Waals surface area contributed by atoms with Gasteiger partial charge >= 0.3 is 0 Å². The molecule has 0 aromatic carbocycles. The molecule has 0 amide bonds. The highest BCUT2D eigenvalue weighted by Gasteiger charge is 2.15. The first-order valence-electron chi connectivity index (χ1n) is 4.58. The van der Waals surface area contributed by atoms with Gasteiger partial charge in [-0.3, -0.25) is 0 Å². The van der Waals surface area contributed by atoms with E-state index in [9.17, 15) is 0 Å². The molecule has 1 aliphatic heterocycles. The molecule has 72 valence electrons. The average Bonchev–Trinajstić information content (AvgIpc) is 2.42. The highest BCUT2D eigenvalue weighted by molar-refractivity contribution is 4.87. The van der Waals surface area contributed by atoms with Crippen molar-refractivity contribution in [1.29, 1.82) is 0 Å². The second kappa shape index (κ2) is 3.85. The van der Waals surface area contributed by atoms with Crippen LogP contribution in [0.1, 0.15) is 11.7 Å². The number of rotatable bonds is 4. The van der Waals surface area contributed by atoms with Gasteiger partial charge in [-0.1, -0.05) is 5.16 Å². The number of nitrogens with one attached hydrogen (secondary N) is 2. The van der Waals surface area contributed by atoms with Crippen molar-refractivity contribution in [2.24, 2.45) is 0 Å². The number of hydrogen-bond donors (Lipinski definition) is 2. The van der Waals surface area contributed by atoms with Crippen LogP contribution in [-0.4, -0.2) is 35.8 Å². The summed E-state index contributed by atoms with van der Waals surface area (Å²) in [5, 5.41) is 10.4. The molecule has 0 radical (unpaired) electrons. The van der Waals surface area contributed by atoms with Crippen molar-refractivity contribution in [3.63, 3.8) is 0 Å². The molecule has 5 heteroatoms. The van der Waals surface area contributed by atoms with E-state index in [0.717, 1.165) is 31.9 Å². The fourth-order valence-electron chi connectivity index (χ4n) is 1.26. The smallest absolute Gasteiger partial charge is 0.223 e. The first-order chi connectivity index (χ1) is 6.34. The summed E-state index contributed by atoms with van der Waals surface area (Å²) in [6.45, 7) is 4.88.